The Morgan fingerprint density at radius 2 is 1.95 bits per heavy atom. The maximum atomic E-state index is 10.8. The summed E-state index contributed by atoms with van der Waals surface area (Å²) in [4.78, 5) is 10.8. The first-order valence-corrected chi connectivity index (χ1v) is 6.00. The Morgan fingerprint density at radius 1 is 1.11 bits per heavy atom. The molecular formula is C16H12O3. The van der Waals surface area contributed by atoms with Crippen LogP contribution in [-0.2, 0) is 6.61 Å². The number of hydrogen-bond acceptors (Lipinski definition) is 3. The number of rotatable bonds is 3. The molecule has 0 aliphatic carbocycles. The quantitative estimate of drug-likeness (QED) is 0.727. The van der Waals surface area contributed by atoms with E-state index in [0.717, 1.165) is 28.4 Å². The van der Waals surface area contributed by atoms with Crippen LogP contribution in [0.15, 0.2) is 52.9 Å². The minimum Gasteiger partial charge on any atom is -0.456 e. The molecule has 3 rings (SSSR count). The average molecular weight is 252 g/mol. The first-order valence-electron chi connectivity index (χ1n) is 6.00. The second kappa shape index (κ2) is 4.71. The predicted octanol–water partition coefficient (Wildman–Crippen LogP) is 3.40. The van der Waals surface area contributed by atoms with Gasteiger partial charge in [0.2, 0.25) is 0 Å². The summed E-state index contributed by atoms with van der Waals surface area (Å²) in [6.07, 6.45) is 0.796. The highest BCUT2D eigenvalue weighted by molar-refractivity contribution is 5.88. The Morgan fingerprint density at radius 3 is 2.74 bits per heavy atom. The SMILES string of the molecule is O=Cc1cccc(-c2oc3ccccc3c2CO)c1. The van der Waals surface area contributed by atoms with Gasteiger partial charge in [0.25, 0.3) is 0 Å². The molecule has 94 valence electrons. The van der Waals surface area contributed by atoms with Gasteiger partial charge in [0.15, 0.2) is 0 Å². The van der Waals surface area contributed by atoms with Gasteiger partial charge < -0.3 is 9.52 Å². The van der Waals surface area contributed by atoms with Gasteiger partial charge in [-0.15, -0.1) is 0 Å². The van der Waals surface area contributed by atoms with E-state index in [2.05, 4.69) is 0 Å². The Bertz CT molecular complexity index is 741. The number of carbonyl (C=O) groups is 1. The summed E-state index contributed by atoms with van der Waals surface area (Å²) in [5, 5.41) is 10.5. The van der Waals surface area contributed by atoms with Crippen molar-refractivity contribution in [2.24, 2.45) is 0 Å². The lowest BCUT2D eigenvalue weighted by molar-refractivity contribution is 0.112. The fraction of sp³-hybridized carbons (Fsp3) is 0.0625. The van der Waals surface area contributed by atoms with Gasteiger partial charge in [0, 0.05) is 22.1 Å². The molecule has 0 unspecified atom stereocenters. The zero-order chi connectivity index (χ0) is 13.2. The summed E-state index contributed by atoms with van der Waals surface area (Å²) in [6, 6.07) is 14.7. The highest BCUT2D eigenvalue weighted by Crippen LogP contribution is 2.33. The van der Waals surface area contributed by atoms with Crippen molar-refractivity contribution in [3.05, 3.63) is 59.7 Å². The van der Waals surface area contributed by atoms with Crippen LogP contribution in [0.4, 0.5) is 0 Å². The first-order chi connectivity index (χ1) is 9.33. The number of hydrogen-bond donors (Lipinski definition) is 1. The number of carbonyl (C=O) groups excluding carboxylic acids is 1. The summed E-state index contributed by atoms with van der Waals surface area (Å²) in [7, 11) is 0. The molecule has 2 aromatic carbocycles. The van der Waals surface area contributed by atoms with Crippen LogP contribution in [0.1, 0.15) is 15.9 Å². The summed E-state index contributed by atoms with van der Waals surface area (Å²) in [6.45, 7) is -0.0995. The number of para-hydroxylation sites is 1. The second-order valence-corrected chi connectivity index (χ2v) is 4.31. The van der Waals surface area contributed by atoms with Crippen molar-refractivity contribution in [1.29, 1.82) is 0 Å². The lowest BCUT2D eigenvalue weighted by Crippen LogP contribution is -1.86. The number of furan rings is 1. The Labute approximate surface area is 110 Å². The van der Waals surface area contributed by atoms with Gasteiger partial charge in [0.1, 0.15) is 17.6 Å². The van der Waals surface area contributed by atoms with Crippen molar-refractivity contribution in [1.82, 2.24) is 0 Å². The molecule has 3 nitrogen and oxygen atoms in total. The van der Waals surface area contributed by atoms with Gasteiger partial charge in [-0.3, -0.25) is 4.79 Å². The van der Waals surface area contributed by atoms with Crippen LogP contribution >= 0.6 is 0 Å². The predicted molar refractivity (Wildman–Crippen MR) is 73.0 cm³/mol. The smallest absolute Gasteiger partial charge is 0.150 e. The monoisotopic (exact) mass is 252 g/mol. The Balaban J connectivity index is 2.26. The number of aldehydes is 1. The zero-order valence-electron chi connectivity index (χ0n) is 10.2. The highest BCUT2D eigenvalue weighted by Gasteiger charge is 2.14. The molecule has 3 heteroatoms. The highest BCUT2D eigenvalue weighted by atomic mass is 16.3. The van der Waals surface area contributed by atoms with E-state index in [1.54, 1.807) is 18.2 Å². The molecule has 3 aromatic rings. The fourth-order valence-electron chi connectivity index (χ4n) is 2.24. The van der Waals surface area contributed by atoms with Gasteiger partial charge in [-0.05, 0) is 12.1 Å². The van der Waals surface area contributed by atoms with Crippen LogP contribution in [0.3, 0.4) is 0 Å². The van der Waals surface area contributed by atoms with E-state index in [4.69, 9.17) is 4.42 Å². The largest absolute Gasteiger partial charge is 0.456 e. The van der Waals surface area contributed by atoms with Crippen LogP contribution in [0.25, 0.3) is 22.3 Å². The molecule has 0 amide bonds. The van der Waals surface area contributed by atoms with Crippen molar-refractivity contribution < 1.29 is 14.3 Å². The second-order valence-electron chi connectivity index (χ2n) is 4.31. The molecule has 0 radical (unpaired) electrons. The number of aliphatic hydroxyl groups excluding tert-OH is 1. The minimum absolute atomic E-state index is 0.0995. The molecule has 19 heavy (non-hydrogen) atoms. The first kappa shape index (κ1) is 11.7. The molecule has 0 saturated heterocycles. The van der Waals surface area contributed by atoms with Crippen molar-refractivity contribution in [2.75, 3.05) is 0 Å². The molecule has 0 aliphatic rings. The van der Waals surface area contributed by atoms with Crippen LogP contribution < -0.4 is 0 Å². The van der Waals surface area contributed by atoms with Crippen molar-refractivity contribution >= 4 is 17.3 Å². The molecule has 0 bridgehead atoms. The van der Waals surface area contributed by atoms with Crippen LogP contribution in [0.2, 0.25) is 0 Å². The summed E-state index contributed by atoms with van der Waals surface area (Å²) < 4.78 is 5.80. The molecule has 0 saturated carbocycles. The number of aliphatic hydroxyl groups is 1. The standard InChI is InChI=1S/C16H12O3/c17-9-11-4-3-5-12(8-11)16-14(10-18)13-6-1-2-7-15(13)19-16/h1-9,18H,10H2. The van der Waals surface area contributed by atoms with E-state index < -0.39 is 0 Å². The van der Waals surface area contributed by atoms with Gasteiger partial charge in [-0.25, -0.2) is 0 Å². The fourth-order valence-corrected chi connectivity index (χ4v) is 2.24. The van der Waals surface area contributed by atoms with E-state index in [9.17, 15) is 9.90 Å². The molecular weight excluding hydrogens is 240 g/mol. The summed E-state index contributed by atoms with van der Waals surface area (Å²) in [5.74, 6) is 0.618. The van der Waals surface area contributed by atoms with Gasteiger partial charge in [-0.1, -0.05) is 36.4 Å². The van der Waals surface area contributed by atoms with Crippen molar-refractivity contribution in [3.63, 3.8) is 0 Å². The number of benzene rings is 2. The third kappa shape index (κ3) is 1.94. The average Bonchev–Trinajstić information content (AvgIpc) is 2.86. The van der Waals surface area contributed by atoms with E-state index >= 15 is 0 Å². The van der Waals surface area contributed by atoms with Crippen LogP contribution in [0.5, 0.6) is 0 Å². The van der Waals surface area contributed by atoms with E-state index in [0.29, 0.717) is 11.3 Å². The maximum absolute atomic E-state index is 10.8. The Hall–Kier alpha value is -2.39. The molecule has 0 spiro atoms. The van der Waals surface area contributed by atoms with E-state index in [-0.39, 0.29) is 6.61 Å². The lowest BCUT2D eigenvalue weighted by Gasteiger charge is -2.01. The molecule has 1 aromatic heterocycles. The summed E-state index contributed by atoms with van der Waals surface area (Å²) >= 11 is 0. The molecule has 1 N–H and O–H groups in total. The van der Waals surface area contributed by atoms with Gasteiger partial charge in [0.05, 0.1) is 6.61 Å². The maximum Gasteiger partial charge on any atom is 0.150 e. The van der Waals surface area contributed by atoms with Crippen molar-refractivity contribution in [2.45, 2.75) is 6.61 Å². The van der Waals surface area contributed by atoms with E-state index in [1.807, 2.05) is 30.3 Å². The normalized spacial score (nSPS) is 10.8. The zero-order valence-corrected chi connectivity index (χ0v) is 10.2. The molecule has 0 aliphatic heterocycles. The summed E-state index contributed by atoms with van der Waals surface area (Å²) in [5.41, 5.74) is 2.86. The van der Waals surface area contributed by atoms with Gasteiger partial charge in [-0.2, -0.15) is 0 Å². The topological polar surface area (TPSA) is 50.4 Å². The van der Waals surface area contributed by atoms with Crippen LogP contribution in [-0.4, -0.2) is 11.4 Å². The Kier molecular flexibility index (Phi) is 2.89. The lowest BCUT2D eigenvalue weighted by atomic mass is 10.0. The third-order valence-electron chi connectivity index (χ3n) is 3.14. The van der Waals surface area contributed by atoms with Crippen LogP contribution in [0, 0.1) is 0 Å². The molecule has 0 atom stereocenters. The van der Waals surface area contributed by atoms with Crippen molar-refractivity contribution in [3.8, 4) is 11.3 Å². The molecule has 1 heterocycles. The third-order valence-corrected chi connectivity index (χ3v) is 3.14. The van der Waals surface area contributed by atoms with Gasteiger partial charge >= 0.3 is 0 Å². The minimum atomic E-state index is -0.0995. The number of fused-ring (bicyclic) bond motifs is 1. The molecule has 0 fully saturated rings. The van der Waals surface area contributed by atoms with E-state index in [1.165, 1.54) is 0 Å².